The summed E-state index contributed by atoms with van der Waals surface area (Å²) in [4.78, 5) is 27.8. The minimum atomic E-state index is -0.679. The van der Waals surface area contributed by atoms with Gasteiger partial charge >= 0.3 is 0 Å². The zero-order valence-corrected chi connectivity index (χ0v) is 17.5. The fraction of sp³-hybridized carbons (Fsp3) is 0.231. The number of nitrogens with two attached hydrogens (primary N) is 1. The van der Waals surface area contributed by atoms with Gasteiger partial charge in [0.15, 0.2) is 0 Å². The summed E-state index contributed by atoms with van der Waals surface area (Å²) in [5.41, 5.74) is 9.09. The molecular formula is C26H28N2O2. The standard InChI is InChI=1S/C26H28N2O2/c1-19(2)17-24(25(27)29)28(18-20-11-5-3-6-12-20)26(30)23-16-10-9-15-22(23)21-13-7-4-8-14-21/h3-16,19,24H,17-18H2,1-2H3,(H2,27,29). The van der Waals surface area contributed by atoms with Gasteiger partial charge in [-0.05, 0) is 35.1 Å². The van der Waals surface area contributed by atoms with E-state index in [0.29, 0.717) is 18.5 Å². The van der Waals surface area contributed by atoms with Crippen LogP contribution >= 0.6 is 0 Å². The van der Waals surface area contributed by atoms with Gasteiger partial charge in [0.25, 0.3) is 5.91 Å². The largest absolute Gasteiger partial charge is 0.368 e. The Morgan fingerprint density at radius 2 is 1.40 bits per heavy atom. The maximum absolute atomic E-state index is 13.8. The molecular weight excluding hydrogens is 372 g/mol. The molecule has 0 heterocycles. The Morgan fingerprint density at radius 1 is 0.833 bits per heavy atom. The van der Waals surface area contributed by atoms with Crippen LogP contribution in [0.2, 0.25) is 0 Å². The van der Waals surface area contributed by atoms with Gasteiger partial charge < -0.3 is 10.6 Å². The predicted octanol–water partition coefficient (Wildman–Crippen LogP) is 4.90. The summed E-state index contributed by atoms with van der Waals surface area (Å²) in [7, 11) is 0. The number of benzene rings is 3. The smallest absolute Gasteiger partial charge is 0.255 e. The third-order valence-corrected chi connectivity index (χ3v) is 5.10. The van der Waals surface area contributed by atoms with Gasteiger partial charge in [-0.1, -0.05) is 92.7 Å². The zero-order valence-electron chi connectivity index (χ0n) is 17.5. The van der Waals surface area contributed by atoms with Crippen LogP contribution in [-0.2, 0) is 11.3 Å². The Hall–Kier alpha value is -3.40. The van der Waals surface area contributed by atoms with Crippen LogP contribution in [0.3, 0.4) is 0 Å². The Kier molecular flexibility index (Phi) is 7.02. The molecule has 30 heavy (non-hydrogen) atoms. The molecule has 4 nitrogen and oxygen atoms in total. The van der Waals surface area contributed by atoms with Gasteiger partial charge in [0.2, 0.25) is 5.91 Å². The lowest BCUT2D eigenvalue weighted by Gasteiger charge is -2.31. The predicted molar refractivity (Wildman–Crippen MR) is 121 cm³/mol. The number of carbonyl (C=O) groups excluding carboxylic acids is 2. The molecule has 0 saturated carbocycles. The summed E-state index contributed by atoms with van der Waals surface area (Å²) in [6, 6.07) is 26.3. The Labute approximate surface area is 178 Å². The maximum atomic E-state index is 13.8. The first-order chi connectivity index (χ1) is 14.5. The zero-order chi connectivity index (χ0) is 21.5. The van der Waals surface area contributed by atoms with Crippen molar-refractivity contribution in [2.45, 2.75) is 32.9 Å². The van der Waals surface area contributed by atoms with Crippen LogP contribution in [0, 0.1) is 5.92 Å². The van der Waals surface area contributed by atoms with Crippen LogP contribution < -0.4 is 5.73 Å². The average Bonchev–Trinajstić information content (AvgIpc) is 2.76. The van der Waals surface area contributed by atoms with Crippen LogP contribution in [-0.4, -0.2) is 22.8 Å². The molecule has 0 aliphatic carbocycles. The van der Waals surface area contributed by atoms with Crippen molar-refractivity contribution in [2.24, 2.45) is 11.7 Å². The molecule has 3 aromatic carbocycles. The second-order valence-corrected chi connectivity index (χ2v) is 7.88. The van der Waals surface area contributed by atoms with Crippen LogP contribution in [0.5, 0.6) is 0 Å². The van der Waals surface area contributed by atoms with Gasteiger partial charge in [0.1, 0.15) is 6.04 Å². The van der Waals surface area contributed by atoms with Crippen LogP contribution in [0.25, 0.3) is 11.1 Å². The maximum Gasteiger partial charge on any atom is 0.255 e. The van der Waals surface area contributed by atoms with E-state index in [4.69, 9.17) is 5.73 Å². The first-order valence-electron chi connectivity index (χ1n) is 10.3. The Bertz CT molecular complexity index is 984. The number of rotatable bonds is 8. The molecule has 0 aliphatic rings. The quantitative estimate of drug-likeness (QED) is 0.585. The Balaban J connectivity index is 2.05. The minimum Gasteiger partial charge on any atom is -0.368 e. The first kappa shape index (κ1) is 21.3. The Morgan fingerprint density at radius 3 is 2.00 bits per heavy atom. The summed E-state index contributed by atoms with van der Waals surface area (Å²) in [6.45, 7) is 4.38. The van der Waals surface area contributed by atoms with Crippen molar-refractivity contribution >= 4 is 11.8 Å². The molecule has 3 aromatic rings. The summed E-state index contributed by atoms with van der Waals surface area (Å²) in [5, 5.41) is 0. The van der Waals surface area contributed by atoms with Crippen molar-refractivity contribution in [1.82, 2.24) is 4.90 Å². The SMILES string of the molecule is CC(C)CC(C(N)=O)N(Cc1ccccc1)C(=O)c1ccccc1-c1ccccc1. The van der Waals surface area contributed by atoms with E-state index in [2.05, 4.69) is 0 Å². The van der Waals surface area contributed by atoms with Crippen molar-refractivity contribution < 1.29 is 9.59 Å². The molecule has 0 fully saturated rings. The molecule has 0 bridgehead atoms. The number of hydrogen-bond donors (Lipinski definition) is 1. The molecule has 2 amide bonds. The molecule has 0 aromatic heterocycles. The lowest BCUT2D eigenvalue weighted by Crippen LogP contribution is -2.48. The number of amides is 2. The van der Waals surface area contributed by atoms with E-state index < -0.39 is 11.9 Å². The third kappa shape index (κ3) is 5.15. The van der Waals surface area contributed by atoms with Crippen LogP contribution in [0.15, 0.2) is 84.9 Å². The van der Waals surface area contributed by atoms with E-state index >= 15 is 0 Å². The molecule has 154 valence electrons. The van der Waals surface area contributed by atoms with Crippen molar-refractivity contribution in [1.29, 1.82) is 0 Å². The number of primary amides is 1. The second kappa shape index (κ2) is 9.88. The van der Waals surface area contributed by atoms with Crippen molar-refractivity contribution in [3.8, 4) is 11.1 Å². The number of hydrogen-bond acceptors (Lipinski definition) is 2. The highest BCUT2D eigenvalue weighted by molar-refractivity contribution is 6.02. The number of carbonyl (C=O) groups is 2. The average molecular weight is 401 g/mol. The van der Waals surface area contributed by atoms with Crippen molar-refractivity contribution in [3.63, 3.8) is 0 Å². The second-order valence-electron chi connectivity index (χ2n) is 7.88. The molecule has 1 atom stereocenters. The summed E-state index contributed by atoms with van der Waals surface area (Å²) in [6.07, 6.45) is 0.515. The molecule has 2 N–H and O–H groups in total. The molecule has 4 heteroatoms. The van der Waals surface area contributed by atoms with Gasteiger partial charge in [0.05, 0.1) is 0 Å². The fourth-order valence-corrected chi connectivity index (χ4v) is 3.64. The third-order valence-electron chi connectivity index (χ3n) is 5.10. The van der Waals surface area contributed by atoms with Crippen LogP contribution in [0.1, 0.15) is 36.2 Å². The molecule has 0 spiro atoms. The van der Waals surface area contributed by atoms with Gasteiger partial charge in [-0.15, -0.1) is 0 Å². The monoisotopic (exact) mass is 400 g/mol. The number of nitrogens with zero attached hydrogens (tertiary/aromatic N) is 1. The lowest BCUT2D eigenvalue weighted by atomic mass is 9.96. The van der Waals surface area contributed by atoms with Crippen LogP contribution in [0.4, 0.5) is 0 Å². The molecule has 3 rings (SSSR count). The van der Waals surface area contributed by atoms with Gasteiger partial charge in [-0.3, -0.25) is 9.59 Å². The highest BCUT2D eigenvalue weighted by atomic mass is 16.2. The van der Waals surface area contributed by atoms with Crippen molar-refractivity contribution in [3.05, 3.63) is 96.1 Å². The molecule has 0 aliphatic heterocycles. The van der Waals surface area contributed by atoms with Gasteiger partial charge in [-0.25, -0.2) is 0 Å². The van der Waals surface area contributed by atoms with E-state index in [1.165, 1.54) is 0 Å². The van der Waals surface area contributed by atoms with E-state index in [-0.39, 0.29) is 11.8 Å². The van der Waals surface area contributed by atoms with E-state index in [0.717, 1.165) is 16.7 Å². The van der Waals surface area contributed by atoms with Crippen molar-refractivity contribution in [2.75, 3.05) is 0 Å². The summed E-state index contributed by atoms with van der Waals surface area (Å²) in [5.74, 6) is -0.453. The van der Waals surface area contributed by atoms with E-state index in [1.807, 2.05) is 98.8 Å². The topological polar surface area (TPSA) is 63.4 Å². The van der Waals surface area contributed by atoms with E-state index in [1.54, 1.807) is 4.90 Å². The summed E-state index contributed by atoms with van der Waals surface area (Å²) >= 11 is 0. The molecule has 0 saturated heterocycles. The highest BCUT2D eigenvalue weighted by Gasteiger charge is 2.31. The first-order valence-corrected chi connectivity index (χ1v) is 10.3. The molecule has 0 radical (unpaired) electrons. The van der Waals surface area contributed by atoms with Gasteiger partial charge in [0, 0.05) is 12.1 Å². The van der Waals surface area contributed by atoms with Gasteiger partial charge in [-0.2, -0.15) is 0 Å². The van der Waals surface area contributed by atoms with E-state index in [9.17, 15) is 9.59 Å². The fourth-order valence-electron chi connectivity index (χ4n) is 3.64. The highest BCUT2D eigenvalue weighted by Crippen LogP contribution is 2.27. The summed E-state index contributed by atoms with van der Waals surface area (Å²) < 4.78 is 0. The normalized spacial score (nSPS) is 11.8. The molecule has 1 unspecified atom stereocenters. The minimum absolute atomic E-state index is 0.192. The lowest BCUT2D eigenvalue weighted by molar-refractivity contribution is -0.123.